The van der Waals surface area contributed by atoms with Crippen LogP contribution >= 0.6 is 23.1 Å². The van der Waals surface area contributed by atoms with Crippen molar-refractivity contribution >= 4 is 49.9 Å². The van der Waals surface area contributed by atoms with Crippen LogP contribution in [0.2, 0.25) is 0 Å². The van der Waals surface area contributed by atoms with Gasteiger partial charge in [0, 0.05) is 21.7 Å². The summed E-state index contributed by atoms with van der Waals surface area (Å²) in [5, 5.41) is 13.9. The van der Waals surface area contributed by atoms with Crippen molar-refractivity contribution in [1.29, 1.82) is 0 Å². The molecule has 5 nitrogen and oxygen atoms in total. The van der Waals surface area contributed by atoms with Crippen molar-refractivity contribution in [3.63, 3.8) is 0 Å². The minimum absolute atomic E-state index is 0.159. The number of hydrogen-bond acceptors (Lipinski definition) is 6. The molecule has 1 aliphatic rings. The van der Waals surface area contributed by atoms with Gasteiger partial charge in [0.1, 0.15) is 11.6 Å². The lowest BCUT2D eigenvalue weighted by Crippen LogP contribution is -2.29. The molecule has 3 aromatic rings. The minimum Gasteiger partial charge on any atom is -0.508 e. The number of carbonyl (C=O) groups excluding carboxylic acids is 1. The summed E-state index contributed by atoms with van der Waals surface area (Å²) in [6.07, 6.45) is 0.658. The van der Waals surface area contributed by atoms with E-state index in [-0.39, 0.29) is 17.5 Å². The molecular weight excluding hydrogens is 409 g/mol. The number of rotatable bonds is 3. The molecule has 0 radical (unpaired) electrons. The van der Waals surface area contributed by atoms with E-state index in [2.05, 4.69) is 10.3 Å². The fraction of sp³-hybridized carbons (Fsp3) is 0.238. The number of aromatic hydroxyl groups is 1. The Bertz CT molecular complexity index is 1160. The third-order valence-electron chi connectivity index (χ3n) is 5.13. The number of fused-ring (bicyclic) bond motifs is 1. The number of phenols is 1. The number of amidine groups is 1. The summed E-state index contributed by atoms with van der Waals surface area (Å²) in [4.78, 5) is 17.9. The first kappa shape index (κ1) is 19.7. The van der Waals surface area contributed by atoms with Crippen LogP contribution in [0.25, 0.3) is 10.1 Å². The number of phenolic OH excluding ortho intramolecular Hbond substituents is 1. The number of nitrogens with two attached hydrogens (primary N) is 1. The van der Waals surface area contributed by atoms with Crippen molar-refractivity contribution < 1.29 is 14.3 Å². The fourth-order valence-corrected chi connectivity index (χ4v) is 5.57. The highest BCUT2D eigenvalue weighted by Gasteiger charge is 2.32. The molecule has 1 amide bonds. The standard InChI is InChI=1S/C21H20FN3O2S2/c1-11-14-10-13(26)4-6-17(14)29-18(11)19(27)24-12-3-5-16(22)15(9-12)21(2)7-8-28-20(23)25-21/h3-6,9-10,26H,7-8H2,1-2H3,(H2,23,25)(H,24,27). The number of thioether (sulfide) groups is 1. The maximum atomic E-state index is 14.6. The Hall–Kier alpha value is -2.58. The van der Waals surface area contributed by atoms with Crippen LogP contribution in [0.4, 0.5) is 10.1 Å². The molecule has 1 unspecified atom stereocenters. The van der Waals surface area contributed by atoms with Crippen LogP contribution in [0.15, 0.2) is 41.4 Å². The zero-order valence-electron chi connectivity index (χ0n) is 16.0. The highest BCUT2D eigenvalue weighted by molar-refractivity contribution is 8.13. The number of halogens is 1. The average Bonchev–Trinajstić information content (AvgIpc) is 2.99. The largest absolute Gasteiger partial charge is 0.508 e. The Morgan fingerprint density at radius 2 is 2.10 bits per heavy atom. The zero-order chi connectivity index (χ0) is 20.8. The van der Waals surface area contributed by atoms with Crippen molar-refractivity contribution in [2.45, 2.75) is 25.8 Å². The van der Waals surface area contributed by atoms with E-state index in [0.717, 1.165) is 21.4 Å². The molecular formula is C21H20FN3O2S2. The van der Waals surface area contributed by atoms with Crippen LogP contribution in [0.1, 0.15) is 34.1 Å². The summed E-state index contributed by atoms with van der Waals surface area (Å²) >= 11 is 2.81. The molecule has 2 heterocycles. The molecule has 0 saturated heterocycles. The molecule has 1 aromatic heterocycles. The van der Waals surface area contributed by atoms with Crippen LogP contribution < -0.4 is 11.1 Å². The number of anilines is 1. The maximum absolute atomic E-state index is 14.6. The second-order valence-electron chi connectivity index (χ2n) is 7.21. The number of aliphatic imine (C=N–C) groups is 1. The smallest absolute Gasteiger partial charge is 0.266 e. The SMILES string of the molecule is Cc1c(C(=O)Nc2ccc(F)c(C3(C)CCSC(N)=N3)c2)sc2ccc(O)cc12. The number of carbonyl (C=O) groups is 1. The first-order valence-corrected chi connectivity index (χ1v) is 10.9. The van der Waals surface area contributed by atoms with Gasteiger partial charge < -0.3 is 16.2 Å². The van der Waals surface area contributed by atoms with Gasteiger partial charge in [-0.2, -0.15) is 0 Å². The normalized spacial score (nSPS) is 19.2. The van der Waals surface area contributed by atoms with Crippen molar-refractivity contribution in [3.8, 4) is 5.75 Å². The number of aryl methyl sites for hydroxylation is 1. The molecule has 0 saturated carbocycles. The van der Waals surface area contributed by atoms with Crippen molar-refractivity contribution in [2.24, 2.45) is 10.7 Å². The maximum Gasteiger partial charge on any atom is 0.266 e. The monoisotopic (exact) mass is 429 g/mol. The third kappa shape index (κ3) is 3.70. The van der Waals surface area contributed by atoms with Gasteiger partial charge in [0.2, 0.25) is 0 Å². The lowest BCUT2D eigenvalue weighted by atomic mass is 9.89. The quantitative estimate of drug-likeness (QED) is 0.548. The molecule has 1 aliphatic heterocycles. The molecule has 29 heavy (non-hydrogen) atoms. The van der Waals surface area contributed by atoms with E-state index in [9.17, 15) is 14.3 Å². The zero-order valence-corrected chi connectivity index (χ0v) is 17.6. The Morgan fingerprint density at radius 3 is 2.86 bits per heavy atom. The lowest BCUT2D eigenvalue weighted by molar-refractivity contribution is 0.103. The molecule has 0 spiro atoms. The van der Waals surface area contributed by atoms with E-state index >= 15 is 0 Å². The number of amides is 1. The van der Waals surface area contributed by atoms with E-state index in [1.165, 1.54) is 29.2 Å². The van der Waals surface area contributed by atoms with E-state index < -0.39 is 5.54 Å². The first-order valence-electron chi connectivity index (χ1n) is 9.08. The molecule has 4 N–H and O–H groups in total. The predicted octanol–water partition coefficient (Wildman–Crippen LogP) is 4.97. The molecule has 8 heteroatoms. The summed E-state index contributed by atoms with van der Waals surface area (Å²) in [6.45, 7) is 3.70. The van der Waals surface area contributed by atoms with E-state index in [0.29, 0.717) is 27.7 Å². The fourth-order valence-electron chi connectivity index (χ4n) is 3.51. The van der Waals surface area contributed by atoms with Crippen molar-refractivity contribution in [3.05, 3.63) is 58.2 Å². The number of thiophene rings is 1. The second-order valence-corrected chi connectivity index (χ2v) is 9.38. The van der Waals surface area contributed by atoms with E-state index in [1.54, 1.807) is 30.3 Å². The Labute approximate surface area is 175 Å². The van der Waals surface area contributed by atoms with Crippen LogP contribution in [-0.2, 0) is 5.54 Å². The molecule has 2 aromatic carbocycles. The highest BCUT2D eigenvalue weighted by Crippen LogP contribution is 2.38. The summed E-state index contributed by atoms with van der Waals surface area (Å²) in [5.74, 6) is 0.276. The highest BCUT2D eigenvalue weighted by atomic mass is 32.2. The topological polar surface area (TPSA) is 87.7 Å². The summed E-state index contributed by atoms with van der Waals surface area (Å²) in [6, 6.07) is 9.56. The predicted molar refractivity (Wildman–Crippen MR) is 119 cm³/mol. The second kappa shape index (κ2) is 7.35. The Morgan fingerprint density at radius 1 is 1.31 bits per heavy atom. The van der Waals surface area contributed by atoms with Crippen molar-refractivity contribution in [1.82, 2.24) is 0 Å². The van der Waals surface area contributed by atoms with Crippen LogP contribution in [0, 0.1) is 12.7 Å². The molecule has 1 atom stereocenters. The van der Waals surface area contributed by atoms with Gasteiger partial charge in [-0.25, -0.2) is 4.39 Å². The van der Waals surface area contributed by atoms with Gasteiger partial charge in [-0.05, 0) is 67.6 Å². The lowest BCUT2D eigenvalue weighted by Gasteiger charge is -2.30. The van der Waals surface area contributed by atoms with Gasteiger partial charge in [0.05, 0.1) is 10.4 Å². The van der Waals surface area contributed by atoms with E-state index in [1.807, 2.05) is 13.8 Å². The molecule has 150 valence electrons. The van der Waals surface area contributed by atoms with Gasteiger partial charge >= 0.3 is 0 Å². The summed E-state index contributed by atoms with van der Waals surface area (Å²) in [5.41, 5.74) is 6.82. The minimum atomic E-state index is -0.759. The number of benzene rings is 2. The van der Waals surface area contributed by atoms with Gasteiger partial charge in [0.25, 0.3) is 5.91 Å². The van der Waals surface area contributed by atoms with E-state index in [4.69, 9.17) is 5.73 Å². The number of nitrogens with zero attached hydrogens (tertiary/aromatic N) is 1. The number of nitrogens with one attached hydrogen (secondary N) is 1. The van der Waals surface area contributed by atoms with Gasteiger partial charge in [-0.15, -0.1) is 11.3 Å². The van der Waals surface area contributed by atoms with Crippen LogP contribution in [0.5, 0.6) is 5.75 Å². The van der Waals surface area contributed by atoms with Crippen molar-refractivity contribution in [2.75, 3.05) is 11.1 Å². The molecule has 0 bridgehead atoms. The van der Waals surface area contributed by atoms with Crippen LogP contribution in [-0.4, -0.2) is 21.9 Å². The Balaban J connectivity index is 1.66. The summed E-state index contributed by atoms with van der Waals surface area (Å²) < 4.78 is 15.5. The van der Waals surface area contributed by atoms with Gasteiger partial charge in [-0.3, -0.25) is 9.79 Å². The average molecular weight is 430 g/mol. The first-order chi connectivity index (χ1) is 13.8. The molecule has 0 fully saturated rings. The van der Waals surface area contributed by atoms with Gasteiger partial charge in [-0.1, -0.05) is 11.8 Å². The third-order valence-corrected chi connectivity index (χ3v) is 7.19. The van der Waals surface area contributed by atoms with Crippen LogP contribution in [0.3, 0.4) is 0 Å². The van der Waals surface area contributed by atoms with Gasteiger partial charge in [0.15, 0.2) is 5.17 Å². The number of hydrogen-bond donors (Lipinski definition) is 3. The summed E-state index contributed by atoms with van der Waals surface area (Å²) in [7, 11) is 0. The molecule has 4 rings (SSSR count). The Kier molecular flexibility index (Phi) is 5.00. The molecule has 0 aliphatic carbocycles.